The Morgan fingerprint density at radius 3 is 2.56 bits per heavy atom. The van der Waals surface area contributed by atoms with Crippen LogP contribution in [0.2, 0.25) is 0 Å². The Morgan fingerprint density at radius 1 is 1.39 bits per heavy atom. The molecule has 0 bridgehead atoms. The first-order chi connectivity index (χ1) is 8.36. The first-order valence-electron chi connectivity index (χ1n) is 6.29. The van der Waals surface area contributed by atoms with E-state index in [1.165, 1.54) is 0 Å². The molecule has 1 rings (SSSR count). The van der Waals surface area contributed by atoms with Gasteiger partial charge in [-0.3, -0.25) is 20.3 Å². The van der Waals surface area contributed by atoms with E-state index in [9.17, 15) is 14.4 Å². The van der Waals surface area contributed by atoms with Crippen molar-refractivity contribution in [3.63, 3.8) is 0 Å². The molecule has 1 aliphatic rings. The highest BCUT2D eigenvalue weighted by Gasteiger charge is 2.33. The van der Waals surface area contributed by atoms with E-state index in [0.717, 1.165) is 30.7 Å². The third-order valence-electron chi connectivity index (χ3n) is 3.05. The van der Waals surface area contributed by atoms with Gasteiger partial charge >= 0.3 is 6.03 Å². The summed E-state index contributed by atoms with van der Waals surface area (Å²) in [7, 11) is 0. The van der Waals surface area contributed by atoms with Gasteiger partial charge in [0.05, 0.1) is 0 Å². The molecule has 4 amide bonds. The smallest absolute Gasteiger partial charge is 0.275 e. The van der Waals surface area contributed by atoms with Crippen molar-refractivity contribution in [2.75, 3.05) is 6.54 Å². The number of carbonyl (C=O) groups excluding carboxylic acids is 3. The second kappa shape index (κ2) is 5.84. The number of hydrazine groups is 1. The summed E-state index contributed by atoms with van der Waals surface area (Å²) in [5.41, 5.74) is 1.95. The van der Waals surface area contributed by atoms with Crippen molar-refractivity contribution >= 4 is 17.8 Å². The molecule has 0 spiro atoms. The maximum Gasteiger partial charge on any atom is 0.343 e. The van der Waals surface area contributed by atoms with Crippen LogP contribution in [0.1, 0.15) is 46.5 Å². The van der Waals surface area contributed by atoms with Gasteiger partial charge in [0.1, 0.15) is 6.54 Å². The Morgan fingerprint density at radius 2 is 2.06 bits per heavy atom. The fourth-order valence-electron chi connectivity index (χ4n) is 1.74. The second-order valence-corrected chi connectivity index (χ2v) is 5.22. The SMILES string of the molecule is CCCCCC(C)(C)C(=O)NN1CC(=O)NC1=O. The predicted molar refractivity (Wildman–Crippen MR) is 66.3 cm³/mol. The summed E-state index contributed by atoms with van der Waals surface area (Å²) < 4.78 is 0. The first-order valence-corrected chi connectivity index (χ1v) is 6.29. The Kier molecular flexibility index (Phi) is 4.69. The molecule has 1 heterocycles. The van der Waals surface area contributed by atoms with Crippen molar-refractivity contribution in [1.29, 1.82) is 0 Å². The van der Waals surface area contributed by atoms with Crippen LogP contribution in [0.15, 0.2) is 0 Å². The molecule has 2 N–H and O–H groups in total. The van der Waals surface area contributed by atoms with Crippen LogP contribution in [0.4, 0.5) is 4.79 Å². The summed E-state index contributed by atoms with van der Waals surface area (Å²) in [5.74, 6) is -0.632. The summed E-state index contributed by atoms with van der Waals surface area (Å²) in [6.07, 6.45) is 3.91. The highest BCUT2D eigenvalue weighted by molar-refractivity contribution is 6.02. The van der Waals surface area contributed by atoms with Crippen LogP contribution in [0.25, 0.3) is 0 Å². The third kappa shape index (κ3) is 3.72. The van der Waals surface area contributed by atoms with Crippen LogP contribution in [0, 0.1) is 5.41 Å². The highest BCUT2D eigenvalue weighted by Crippen LogP contribution is 2.24. The minimum atomic E-state index is -0.572. The Balaban J connectivity index is 2.48. The van der Waals surface area contributed by atoms with Gasteiger partial charge in [-0.25, -0.2) is 9.80 Å². The molecule has 1 aliphatic heterocycles. The number of nitrogens with one attached hydrogen (secondary N) is 2. The number of carbonyl (C=O) groups is 3. The molecule has 18 heavy (non-hydrogen) atoms. The number of rotatable bonds is 6. The van der Waals surface area contributed by atoms with Gasteiger partial charge in [0, 0.05) is 5.41 Å². The van der Waals surface area contributed by atoms with Crippen LogP contribution in [-0.4, -0.2) is 29.4 Å². The Hall–Kier alpha value is -1.59. The molecule has 0 atom stereocenters. The van der Waals surface area contributed by atoms with Crippen LogP contribution in [-0.2, 0) is 9.59 Å². The van der Waals surface area contributed by atoms with E-state index in [1.807, 2.05) is 13.8 Å². The molecule has 0 radical (unpaired) electrons. The zero-order valence-electron chi connectivity index (χ0n) is 11.2. The van der Waals surface area contributed by atoms with Crippen molar-refractivity contribution in [2.24, 2.45) is 5.41 Å². The summed E-state index contributed by atoms with van der Waals surface area (Å²) in [6, 6.07) is -0.572. The second-order valence-electron chi connectivity index (χ2n) is 5.22. The normalized spacial score (nSPS) is 15.8. The van der Waals surface area contributed by atoms with Crippen molar-refractivity contribution in [3.05, 3.63) is 0 Å². The average molecular weight is 255 g/mol. The minimum absolute atomic E-state index is 0.115. The van der Waals surface area contributed by atoms with Crippen LogP contribution in [0.5, 0.6) is 0 Å². The number of urea groups is 1. The van der Waals surface area contributed by atoms with E-state index < -0.39 is 17.4 Å². The van der Waals surface area contributed by atoms with Gasteiger partial charge in [-0.15, -0.1) is 0 Å². The first kappa shape index (κ1) is 14.5. The summed E-state index contributed by atoms with van der Waals surface area (Å²) in [5, 5.41) is 3.13. The van der Waals surface area contributed by atoms with E-state index >= 15 is 0 Å². The molecule has 0 saturated carbocycles. The lowest BCUT2D eigenvalue weighted by Crippen LogP contribution is -2.49. The molecule has 0 aromatic rings. The fourth-order valence-corrected chi connectivity index (χ4v) is 1.74. The minimum Gasteiger partial charge on any atom is -0.275 e. The van der Waals surface area contributed by atoms with E-state index in [1.54, 1.807) is 0 Å². The van der Waals surface area contributed by atoms with E-state index in [2.05, 4.69) is 17.7 Å². The van der Waals surface area contributed by atoms with Gasteiger partial charge in [-0.2, -0.15) is 0 Å². The topological polar surface area (TPSA) is 78.5 Å². The zero-order valence-corrected chi connectivity index (χ0v) is 11.2. The van der Waals surface area contributed by atoms with Crippen molar-refractivity contribution < 1.29 is 14.4 Å². The Labute approximate surface area is 107 Å². The lowest BCUT2D eigenvalue weighted by atomic mass is 9.86. The van der Waals surface area contributed by atoms with Gasteiger partial charge in [0.15, 0.2) is 0 Å². The van der Waals surface area contributed by atoms with Crippen LogP contribution in [0.3, 0.4) is 0 Å². The molecule has 0 aromatic heterocycles. The van der Waals surface area contributed by atoms with Crippen molar-refractivity contribution in [1.82, 2.24) is 15.8 Å². The van der Waals surface area contributed by atoms with Crippen LogP contribution >= 0.6 is 0 Å². The fraction of sp³-hybridized carbons (Fsp3) is 0.750. The third-order valence-corrected chi connectivity index (χ3v) is 3.05. The van der Waals surface area contributed by atoms with Gasteiger partial charge in [0.2, 0.25) is 11.8 Å². The molecule has 0 aromatic carbocycles. The maximum absolute atomic E-state index is 12.0. The lowest BCUT2D eigenvalue weighted by molar-refractivity contribution is -0.133. The molecule has 1 saturated heterocycles. The number of nitrogens with zero attached hydrogens (tertiary/aromatic N) is 1. The molecule has 1 fully saturated rings. The number of unbranched alkanes of at least 4 members (excludes halogenated alkanes) is 2. The number of amides is 4. The van der Waals surface area contributed by atoms with Crippen molar-refractivity contribution in [2.45, 2.75) is 46.5 Å². The quantitative estimate of drug-likeness (QED) is 0.552. The highest BCUT2D eigenvalue weighted by atomic mass is 16.2. The van der Waals surface area contributed by atoms with Gasteiger partial charge in [0.25, 0.3) is 0 Å². The molecule has 0 unspecified atom stereocenters. The summed E-state index contributed by atoms with van der Waals surface area (Å²) in [4.78, 5) is 34.3. The molecule has 6 heteroatoms. The van der Waals surface area contributed by atoms with E-state index in [4.69, 9.17) is 0 Å². The zero-order chi connectivity index (χ0) is 13.8. The van der Waals surface area contributed by atoms with Gasteiger partial charge in [-0.1, -0.05) is 40.0 Å². The Bertz CT molecular complexity index is 352. The molecular formula is C12H21N3O3. The molecule has 6 nitrogen and oxygen atoms in total. The lowest BCUT2D eigenvalue weighted by Gasteiger charge is -2.26. The van der Waals surface area contributed by atoms with Crippen molar-refractivity contribution in [3.8, 4) is 0 Å². The van der Waals surface area contributed by atoms with E-state index in [0.29, 0.717) is 0 Å². The number of imide groups is 1. The largest absolute Gasteiger partial charge is 0.343 e. The standard InChI is InChI=1S/C12H21N3O3/c1-4-5-6-7-12(2,3)10(17)14-15-8-9(16)13-11(15)18/h4-8H2,1-3H3,(H,14,17)(H,13,16,18). The summed E-state index contributed by atoms with van der Waals surface area (Å²) >= 11 is 0. The van der Waals surface area contributed by atoms with E-state index in [-0.39, 0.29) is 12.5 Å². The number of hydrogen-bond acceptors (Lipinski definition) is 3. The molecular weight excluding hydrogens is 234 g/mol. The van der Waals surface area contributed by atoms with Crippen LogP contribution < -0.4 is 10.7 Å². The summed E-state index contributed by atoms with van der Waals surface area (Å²) in [6.45, 7) is 5.67. The molecule has 102 valence electrons. The predicted octanol–water partition coefficient (Wildman–Crippen LogP) is 1.18. The average Bonchev–Trinajstić information content (AvgIpc) is 2.57. The van der Waals surface area contributed by atoms with Gasteiger partial charge in [-0.05, 0) is 6.42 Å². The number of hydrogen-bond donors (Lipinski definition) is 2. The monoisotopic (exact) mass is 255 g/mol. The van der Waals surface area contributed by atoms with Gasteiger partial charge < -0.3 is 0 Å². The maximum atomic E-state index is 12.0. The molecule has 0 aliphatic carbocycles.